The summed E-state index contributed by atoms with van der Waals surface area (Å²) in [5, 5.41) is 0. The van der Waals surface area contributed by atoms with Crippen LogP contribution in [-0.4, -0.2) is 42.1 Å². The molecule has 0 radical (unpaired) electrons. The predicted molar refractivity (Wildman–Crippen MR) is 171 cm³/mol. The molecule has 2 bridgehead atoms. The van der Waals surface area contributed by atoms with Crippen LogP contribution >= 0.6 is 0 Å². The van der Waals surface area contributed by atoms with Crippen molar-refractivity contribution < 1.29 is 28.7 Å². The molecule has 1 aliphatic heterocycles. The van der Waals surface area contributed by atoms with E-state index in [1.807, 2.05) is 30.3 Å². The Bertz CT molecular complexity index is 1680. The number of hydrogen-bond donors (Lipinski definition) is 0. The lowest BCUT2D eigenvalue weighted by Crippen LogP contribution is -2.41. The quantitative estimate of drug-likeness (QED) is 0.0818. The van der Waals surface area contributed by atoms with Crippen LogP contribution in [-0.2, 0) is 19.1 Å². The summed E-state index contributed by atoms with van der Waals surface area (Å²) in [5.74, 6) is -1.31. The van der Waals surface area contributed by atoms with Crippen molar-refractivity contribution in [3.8, 4) is 5.75 Å². The normalized spacial score (nSPS) is 21.3. The minimum absolute atomic E-state index is 0.0869. The summed E-state index contributed by atoms with van der Waals surface area (Å²) in [6.45, 7) is 0.328. The third kappa shape index (κ3) is 5.10. The van der Waals surface area contributed by atoms with Crippen LogP contribution in [0.15, 0.2) is 103 Å². The molecule has 4 aliphatic rings. The average Bonchev–Trinajstić information content (AvgIpc) is 3.36. The first kappa shape index (κ1) is 29.7. The van der Waals surface area contributed by atoms with E-state index in [0.717, 1.165) is 22.3 Å². The summed E-state index contributed by atoms with van der Waals surface area (Å²) in [4.78, 5) is 55.4. The van der Waals surface area contributed by atoms with Gasteiger partial charge in [-0.05, 0) is 59.4 Å². The van der Waals surface area contributed by atoms with E-state index in [9.17, 15) is 19.2 Å². The SMILES string of the molecule is COc1ccc(C(=O)C(OC(=O)CCCCCN2C(=O)C3C4c5ccccc5C(c5ccccc54)C3C2=O)c2ccccc2)cc1. The number of carbonyl (C=O) groups is 4. The fraction of sp³-hybridized carbons (Fsp3) is 0.282. The van der Waals surface area contributed by atoms with Gasteiger partial charge in [0.15, 0.2) is 6.10 Å². The Morgan fingerprint density at radius 2 is 1.20 bits per heavy atom. The molecular weight excluding hydrogens is 578 g/mol. The molecule has 7 heteroatoms. The van der Waals surface area contributed by atoms with Crippen LogP contribution in [0.2, 0.25) is 0 Å². The molecule has 1 fully saturated rings. The highest BCUT2D eigenvalue weighted by Gasteiger charge is 2.61. The van der Waals surface area contributed by atoms with Crippen molar-refractivity contribution in [3.05, 3.63) is 137 Å². The number of amides is 2. The number of benzene rings is 4. The summed E-state index contributed by atoms with van der Waals surface area (Å²) in [6, 6.07) is 32.2. The van der Waals surface area contributed by atoms with Gasteiger partial charge < -0.3 is 9.47 Å². The summed E-state index contributed by atoms with van der Waals surface area (Å²) in [7, 11) is 1.56. The first-order valence-corrected chi connectivity index (χ1v) is 15.9. The average molecular weight is 614 g/mol. The molecule has 3 unspecified atom stereocenters. The summed E-state index contributed by atoms with van der Waals surface area (Å²) in [5.41, 5.74) is 5.66. The van der Waals surface area contributed by atoms with E-state index in [-0.39, 0.29) is 47.7 Å². The number of carbonyl (C=O) groups excluding carboxylic acids is 4. The van der Waals surface area contributed by atoms with Crippen LogP contribution in [0.25, 0.3) is 0 Å². The molecule has 0 aromatic heterocycles. The van der Waals surface area contributed by atoms with E-state index in [0.29, 0.717) is 42.7 Å². The second-order valence-corrected chi connectivity index (χ2v) is 12.3. The molecule has 2 amide bonds. The van der Waals surface area contributed by atoms with Gasteiger partial charge in [0, 0.05) is 35.9 Å². The Morgan fingerprint density at radius 3 is 1.72 bits per heavy atom. The van der Waals surface area contributed by atoms with Crippen LogP contribution < -0.4 is 4.74 Å². The van der Waals surface area contributed by atoms with Gasteiger partial charge in [0.25, 0.3) is 0 Å². The molecule has 0 saturated carbocycles. The van der Waals surface area contributed by atoms with E-state index in [2.05, 4.69) is 24.3 Å². The second-order valence-electron chi connectivity index (χ2n) is 12.3. The lowest BCUT2D eigenvalue weighted by molar-refractivity contribution is -0.147. The van der Waals surface area contributed by atoms with E-state index in [1.165, 1.54) is 4.90 Å². The van der Waals surface area contributed by atoms with Crippen molar-refractivity contribution >= 4 is 23.6 Å². The number of likely N-dealkylation sites (tertiary alicyclic amines) is 1. The fourth-order valence-electron chi connectivity index (χ4n) is 7.67. The summed E-state index contributed by atoms with van der Waals surface area (Å²) < 4.78 is 10.9. The topological polar surface area (TPSA) is 90.0 Å². The monoisotopic (exact) mass is 613 g/mol. The van der Waals surface area contributed by atoms with Crippen LogP contribution in [0.3, 0.4) is 0 Å². The highest BCUT2D eigenvalue weighted by molar-refractivity contribution is 6.07. The van der Waals surface area contributed by atoms with E-state index < -0.39 is 12.1 Å². The van der Waals surface area contributed by atoms with Gasteiger partial charge >= 0.3 is 5.97 Å². The lowest BCUT2D eigenvalue weighted by atomic mass is 9.55. The van der Waals surface area contributed by atoms with Crippen LogP contribution in [0.1, 0.15) is 81.8 Å². The summed E-state index contributed by atoms with van der Waals surface area (Å²) >= 11 is 0. The minimum Gasteiger partial charge on any atom is -0.497 e. The zero-order chi connectivity index (χ0) is 31.8. The van der Waals surface area contributed by atoms with Crippen molar-refractivity contribution in [2.24, 2.45) is 11.8 Å². The Hall–Kier alpha value is -5.04. The summed E-state index contributed by atoms with van der Waals surface area (Å²) in [6.07, 6.45) is 0.807. The van der Waals surface area contributed by atoms with E-state index in [4.69, 9.17) is 9.47 Å². The number of imide groups is 1. The number of Topliss-reactive ketones (excluding diaryl/α,β-unsaturated/α-hetero) is 1. The molecule has 1 saturated heterocycles. The third-order valence-electron chi connectivity index (χ3n) is 9.77. The molecule has 3 atom stereocenters. The molecule has 7 nitrogen and oxygen atoms in total. The van der Waals surface area contributed by atoms with Crippen molar-refractivity contribution in [1.82, 2.24) is 4.90 Å². The van der Waals surface area contributed by atoms with Gasteiger partial charge in [-0.1, -0.05) is 85.3 Å². The Morgan fingerprint density at radius 1 is 0.674 bits per heavy atom. The maximum absolute atomic E-state index is 13.8. The molecule has 0 N–H and O–H groups in total. The Labute approximate surface area is 268 Å². The number of esters is 1. The highest BCUT2D eigenvalue weighted by atomic mass is 16.5. The highest BCUT2D eigenvalue weighted by Crippen LogP contribution is 2.60. The van der Waals surface area contributed by atoms with Crippen molar-refractivity contribution in [2.75, 3.05) is 13.7 Å². The number of methoxy groups -OCH3 is 1. The number of rotatable bonds is 11. The van der Waals surface area contributed by atoms with Gasteiger partial charge in [0.2, 0.25) is 17.6 Å². The first-order chi connectivity index (χ1) is 22.5. The molecule has 232 valence electrons. The third-order valence-corrected chi connectivity index (χ3v) is 9.77. The Kier molecular flexibility index (Phi) is 7.99. The van der Waals surface area contributed by atoms with Crippen LogP contribution in [0, 0.1) is 11.8 Å². The van der Waals surface area contributed by atoms with Crippen molar-refractivity contribution in [1.29, 1.82) is 0 Å². The van der Waals surface area contributed by atoms with Gasteiger partial charge in [-0.25, -0.2) is 0 Å². The number of hydrogen-bond acceptors (Lipinski definition) is 6. The standard InChI is InChI=1S/C39H35NO6/c1-45-26-21-19-24(20-22-26)36(42)37(25-12-4-2-5-13-25)46-31(41)18-6-3-11-23-40-38(43)34-32-27-14-7-8-15-28(27)33(35(34)39(40)44)30-17-10-9-16-29(30)32/h2,4-5,7-10,12-17,19-22,32-35,37H,3,6,11,18,23H2,1H3. The van der Waals surface area contributed by atoms with Gasteiger partial charge in [0.1, 0.15) is 5.75 Å². The van der Waals surface area contributed by atoms with Gasteiger partial charge in [-0.2, -0.15) is 0 Å². The largest absolute Gasteiger partial charge is 0.497 e. The van der Waals surface area contributed by atoms with Crippen molar-refractivity contribution in [2.45, 2.75) is 43.6 Å². The van der Waals surface area contributed by atoms with E-state index in [1.54, 1.807) is 55.6 Å². The van der Waals surface area contributed by atoms with Gasteiger partial charge in [-0.15, -0.1) is 0 Å². The number of ketones is 1. The van der Waals surface area contributed by atoms with E-state index >= 15 is 0 Å². The fourth-order valence-corrected chi connectivity index (χ4v) is 7.67. The zero-order valence-corrected chi connectivity index (χ0v) is 25.6. The Balaban J connectivity index is 0.969. The molecule has 4 aromatic rings. The second kappa shape index (κ2) is 12.4. The predicted octanol–water partition coefficient (Wildman–Crippen LogP) is 6.62. The van der Waals surface area contributed by atoms with Crippen LogP contribution in [0.5, 0.6) is 5.75 Å². The maximum atomic E-state index is 13.8. The first-order valence-electron chi connectivity index (χ1n) is 15.9. The van der Waals surface area contributed by atoms with Crippen molar-refractivity contribution in [3.63, 3.8) is 0 Å². The molecule has 0 spiro atoms. The molecule has 4 aromatic carbocycles. The van der Waals surface area contributed by atoms with Gasteiger partial charge in [-0.3, -0.25) is 24.1 Å². The minimum atomic E-state index is -1.06. The smallest absolute Gasteiger partial charge is 0.306 e. The zero-order valence-electron chi connectivity index (χ0n) is 25.6. The van der Waals surface area contributed by atoms with Crippen LogP contribution in [0.4, 0.5) is 0 Å². The molecule has 46 heavy (non-hydrogen) atoms. The molecule has 3 aliphatic carbocycles. The number of nitrogens with zero attached hydrogens (tertiary/aromatic N) is 1. The molecular formula is C39H35NO6. The number of unbranched alkanes of at least 4 members (excludes halogenated alkanes) is 2. The molecule has 1 heterocycles. The van der Waals surface area contributed by atoms with Gasteiger partial charge in [0.05, 0.1) is 18.9 Å². The molecule has 8 rings (SSSR count). The lowest BCUT2D eigenvalue weighted by Gasteiger charge is -2.45. The number of ether oxygens (including phenoxy) is 2. The maximum Gasteiger partial charge on any atom is 0.306 e.